The lowest BCUT2D eigenvalue weighted by molar-refractivity contribution is 0.178. The van der Waals surface area contributed by atoms with Gasteiger partial charge in [0.15, 0.2) is 4.67 Å². The molecule has 90 valence electrons. The molecule has 5 heteroatoms. The van der Waals surface area contributed by atoms with Crippen molar-refractivity contribution in [2.24, 2.45) is 0 Å². The molecular weight excluding hydrogens is 294 g/mol. The number of aliphatic hydroxyl groups excluding tert-OH is 1. The fourth-order valence-electron chi connectivity index (χ4n) is 1.55. The van der Waals surface area contributed by atoms with E-state index in [1.54, 1.807) is 6.07 Å². The standard InChI is InChI=1S/C12H9BrF2O2/c1-6-2-3-7(14)10(11(6)15)12(16)8-4-5-9(13)17-8/h2-5,12,16H,1H3. The third-order valence-corrected chi connectivity index (χ3v) is 2.88. The van der Waals surface area contributed by atoms with Crippen molar-refractivity contribution in [2.45, 2.75) is 13.0 Å². The zero-order valence-corrected chi connectivity index (χ0v) is 10.5. The molecule has 1 unspecified atom stereocenters. The van der Waals surface area contributed by atoms with Crippen LogP contribution in [-0.4, -0.2) is 5.11 Å². The third-order valence-electron chi connectivity index (χ3n) is 2.46. The third kappa shape index (κ3) is 2.25. The molecule has 2 rings (SSSR count). The highest BCUT2D eigenvalue weighted by Crippen LogP contribution is 2.30. The minimum Gasteiger partial charge on any atom is -0.451 e. The molecule has 2 nitrogen and oxygen atoms in total. The Morgan fingerprint density at radius 1 is 1.24 bits per heavy atom. The van der Waals surface area contributed by atoms with Gasteiger partial charge in [0.25, 0.3) is 0 Å². The molecule has 1 atom stereocenters. The van der Waals surface area contributed by atoms with E-state index in [0.717, 1.165) is 6.07 Å². The maximum atomic E-state index is 13.8. The van der Waals surface area contributed by atoms with Gasteiger partial charge >= 0.3 is 0 Å². The van der Waals surface area contributed by atoms with Crippen LogP contribution in [0.3, 0.4) is 0 Å². The summed E-state index contributed by atoms with van der Waals surface area (Å²) in [5, 5.41) is 9.90. The summed E-state index contributed by atoms with van der Waals surface area (Å²) in [6, 6.07) is 5.44. The van der Waals surface area contributed by atoms with E-state index in [4.69, 9.17) is 4.42 Å². The Balaban J connectivity index is 2.50. The lowest BCUT2D eigenvalue weighted by atomic mass is 10.0. The molecule has 0 saturated heterocycles. The summed E-state index contributed by atoms with van der Waals surface area (Å²) >= 11 is 3.06. The lowest BCUT2D eigenvalue weighted by Crippen LogP contribution is -2.06. The minimum atomic E-state index is -1.46. The molecule has 0 saturated carbocycles. The van der Waals surface area contributed by atoms with Gasteiger partial charge in [-0.05, 0) is 46.6 Å². The first-order valence-electron chi connectivity index (χ1n) is 4.88. The van der Waals surface area contributed by atoms with E-state index < -0.39 is 23.3 Å². The van der Waals surface area contributed by atoms with Gasteiger partial charge in [0, 0.05) is 0 Å². The van der Waals surface area contributed by atoms with Crippen LogP contribution in [0.15, 0.2) is 33.4 Å². The lowest BCUT2D eigenvalue weighted by Gasteiger charge is -2.11. The second-order valence-corrected chi connectivity index (χ2v) is 4.42. The Morgan fingerprint density at radius 3 is 2.53 bits per heavy atom. The van der Waals surface area contributed by atoms with Gasteiger partial charge in [0.05, 0.1) is 5.56 Å². The van der Waals surface area contributed by atoms with Crippen molar-refractivity contribution < 1.29 is 18.3 Å². The maximum Gasteiger partial charge on any atom is 0.169 e. The highest BCUT2D eigenvalue weighted by molar-refractivity contribution is 9.10. The first-order valence-corrected chi connectivity index (χ1v) is 5.68. The SMILES string of the molecule is Cc1ccc(F)c(C(O)c2ccc(Br)o2)c1F. The van der Waals surface area contributed by atoms with Crippen molar-refractivity contribution >= 4 is 15.9 Å². The normalized spacial score (nSPS) is 12.8. The molecule has 0 fully saturated rings. The van der Waals surface area contributed by atoms with Crippen molar-refractivity contribution in [3.63, 3.8) is 0 Å². The summed E-state index contributed by atoms with van der Waals surface area (Å²) in [7, 11) is 0. The van der Waals surface area contributed by atoms with Gasteiger partial charge in [-0.15, -0.1) is 0 Å². The van der Waals surface area contributed by atoms with Crippen LogP contribution in [0.4, 0.5) is 8.78 Å². The second kappa shape index (κ2) is 4.58. The molecule has 0 amide bonds. The van der Waals surface area contributed by atoms with E-state index in [-0.39, 0.29) is 11.3 Å². The molecule has 0 bridgehead atoms. The van der Waals surface area contributed by atoms with Crippen molar-refractivity contribution in [1.29, 1.82) is 0 Å². The van der Waals surface area contributed by atoms with Crippen LogP contribution in [-0.2, 0) is 0 Å². The van der Waals surface area contributed by atoms with Crippen LogP contribution < -0.4 is 0 Å². The highest BCUT2D eigenvalue weighted by Gasteiger charge is 2.23. The van der Waals surface area contributed by atoms with E-state index in [9.17, 15) is 13.9 Å². The van der Waals surface area contributed by atoms with Gasteiger partial charge < -0.3 is 9.52 Å². The van der Waals surface area contributed by atoms with Crippen LogP contribution in [0.25, 0.3) is 0 Å². The summed E-state index contributed by atoms with van der Waals surface area (Å²) in [6.07, 6.45) is -1.46. The van der Waals surface area contributed by atoms with Crippen molar-refractivity contribution in [3.05, 3.63) is 57.5 Å². The Kier molecular flexibility index (Phi) is 3.31. The van der Waals surface area contributed by atoms with Gasteiger partial charge in [-0.2, -0.15) is 0 Å². The Morgan fingerprint density at radius 2 is 1.94 bits per heavy atom. The number of rotatable bonds is 2. The molecular formula is C12H9BrF2O2. The van der Waals surface area contributed by atoms with E-state index in [2.05, 4.69) is 15.9 Å². The fraction of sp³-hybridized carbons (Fsp3) is 0.167. The molecule has 1 heterocycles. The van der Waals surface area contributed by atoms with Gasteiger partial charge in [-0.3, -0.25) is 0 Å². The fourth-order valence-corrected chi connectivity index (χ4v) is 1.87. The van der Waals surface area contributed by atoms with Crippen molar-refractivity contribution in [3.8, 4) is 0 Å². The van der Waals surface area contributed by atoms with Crippen LogP contribution >= 0.6 is 15.9 Å². The van der Waals surface area contributed by atoms with Crippen LogP contribution in [0.1, 0.15) is 23.0 Å². The number of benzene rings is 1. The number of aliphatic hydroxyl groups is 1. The number of hydrogen-bond acceptors (Lipinski definition) is 2. The van der Waals surface area contributed by atoms with Gasteiger partial charge in [0.2, 0.25) is 0 Å². The Labute approximate surface area is 105 Å². The molecule has 1 aromatic carbocycles. The summed E-state index contributed by atoms with van der Waals surface area (Å²) in [5.74, 6) is -1.47. The zero-order chi connectivity index (χ0) is 12.6. The van der Waals surface area contributed by atoms with Crippen LogP contribution in [0.5, 0.6) is 0 Å². The number of hydrogen-bond donors (Lipinski definition) is 1. The number of halogens is 3. The Bertz CT molecular complexity index is 551. The topological polar surface area (TPSA) is 33.4 Å². The molecule has 2 aromatic rings. The summed E-state index contributed by atoms with van der Waals surface area (Å²) in [5.41, 5.74) is -0.127. The van der Waals surface area contributed by atoms with Gasteiger partial charge in [-0.25, -0.2) is 8.78 Å². The quantitative estimate of drug-likeness (QED) is 0.917. The first kappa shape index (κ1) is 12.3. The number of furan rings is 1. The van der Waals surface area contributed by atoms with Gasteiger partial charge in [-0.1, -0.05) is 6.07 Å². The summed E-state index contributed by atoms with van der Waals surface area (Å²) in [6.45, 7) is 1.50. The van der Waals surface area contributed by atoms with Gasteiger partial charge in [0.1, 0.15) is 23.5 Å². The molecule has 0 aliphatic carbocycles. The van der Waals surface area contributed by atoms with E-state index >= 15 is 0 Å². The van der Waals surface area contributed by atoms with Crippen molar-refractivity contribution in [1.82, 2.24) is 0 Å². The molecule has 0 aliphatic rings. The predicted molar refractivity (Wildman–Crippen MR) is 61.6 cm³/mol. The Hall–Kier alpha value is -1.20. The average molecular weight is 303 g/mol. The molecule has 1 N–H and O–H groups in total. The average Bonchev–Trinajstić information content (AvgIpc) is 2.71. The molecule has 17 heavy (non-hydrogen) atoms. The highest BCUT2D eigenvalue weighted by atomic mass is 79.9. The minimum absolute atomic E-state index is 0.0836. The predicted octanol–water partition coefficient (Wildman–Crippen LogP) is 3.71. The molecule has 0 aliphatic heterocycles. The smallest absolute Gasteiger partial charge is 0.169 e. The first-order chi connectivity index (χ1) is 8.00. The largest absolute Gasteiger partial charge is 0.451 e. The molecule has 0 radical (unpaired) electrons. The molecule has 1 aromatic heterocycles. The summed E-state index contributed by atoms with van der Waals surface area (Å²) in [4.78, 5) is 0. The monoisotopic (exact) mass is 302 g/mol. The van der Waals surface area contributed by atoms with Crippen molar-refractivity contribution in [2.75, 3.05) is 0 Å². The summed E-state index contributed by atoms with van der Waals surface area (Å²) < 4.78 is 32.7. The van der Waals surface area contributed by atoms with E-state index in [1.165, 1.54) is 19.1 Å². The van der Waals surface area contributed by atoms with Crippen LogP contribution in [0.2, 0.25) is 0 Å². The molecule has 0 spiro atoms. The van der Waals surface area contributed by atoms with Crippen LogP contribution in [0, 0.1) is 18.6 Å². The zero-order valence-electron chi connectivity index (χ0n) is 8.88. The maximum absolute atomic E-state index is 13.8. The second-order valence-electron chi connectivity index (χ2n) is 3.64. The van der Waals surface area contributed by atoms with E-state index in [0.29, 0.717) is 4.67 Å². The number of aryl methyl sites for hydroxylation is 1. The van der Waals surface area contributed by atoms with E-state index in [1.807, 2.05) is 0 Å².